The maximum Gasteiger partial charge on any atom is 0.264 e. The highest BCUT2D eigenvalue weighted by molar-refractivity contribution is 6.44. The Kier molecular flexibility index (Phi) is 2.15. The van der Waals surface area contributed by atoms with Crippen molar-refractivity contribution in [2.24, 2.45) is 4.99 Å². The number of amidine groups is 1. The van der Waals surface area contributed by atoms with Gasteiger partial charge in [0.1, 0.15) is 5.84 Å². The summed E-state index contributed by atoms with van der Waals surface area (Å²) in [4.78, 5) is 19.2. The summed E-state index contributed by atoms with van der Waals surface area (Å²) in [6.07, 6.45) is 0. The first-order chi connectivity index (χ1) is 10.8. The summed E-state index contributed by atoms with van der Waals surface area (Å²) < 4.78 is 0. The lowest BCUT2D eigenvalue weighted by molar-refractivity contribution is 0.101. The van der Waals surface area contributed by atoms with Gasteiger partial charge in [-0.05, 0) is 23.6 Å². The molecule has 0 radical (unpaired) electrons. The van der Waals surface area contributed by atoms with Crippen molar-refractivity contribution in [1.82, 2.24) is 0 Å². The van der Waals surface area contributed by atoms with E-state index in [-0.39, 0.29) is 5.91 Å². The molecule has 2 aliphatic heterocycles. The Morgan fingerprint density at radius 1 is 0.909 bits per heavy atom. The van der Waals surface area contributed by atoms with E-state index in [4.69, 9.17) is 16.6 Å². The fourth-order valence-electron chi connectivity index (χ4n) is 3.26. The van der Waals surface area contributed by atoms with Crippen LogP contribution < -0.4 is 4.90 Å². The smallest absolute Gasteiger partial charge is 0.264 e. The van der Waals surface area contributed by atoms with Gasteiger partial charge in [0.2, 0.25) is 0 Å². The second-order valence-electron chi connectivity index (χ2n) is 5.39. The molecule has 2 heterocycles. The van der Waals surface area contributed by atoms with E-state index in [1.165, 1.54) is 0 Å². The molecule has 0 bridgehead atoms. The molecule has 1 amide bonds. The first kappa shape index (κ1) is 12.0. The monoisotopic (exact) mass is 304 g/mol. The van der Waals surface area contributed by atoms with Gasteiger partial charge in [0.25, 0.3) is 5.91 Å². The molecule has 0 atom stereocenters. The maximum absolute atomic E-state index is 12.8. The Morgan fingerprint density at radius 2 is 1.73 bits per heavy atom. The minimum absolute atomic E-state index is 0.0711. The van der Waals surface area contributed by atoms with Gasteiger partial charge in [-0.25, -0.2) is 4.99 Å². The zero-order chi connectivity index (χ0) is 14.8. The molecule has 104 valence electrons. The van der Waals surface area contributed by atoms with Crippen molar-refractivity contribution in [3.8, 4) is 0 Å². The van der Waals surface area contributed by atoms with E-state index in [2.05, 4.69) is 0 Å². The van der Waals surface area contributed by atoms with Crippen LogP contribution in [0.2, 0.25) is 5.02 Å². The summed E-state index contributed by atoms with van der Waals surface area (Å²) in [7, 11) is 0. The quantitative estimate of drug-likeness (QED) is 0.600. The molecule has 0 aliphatic carbocycles. The van der Waals surface area contributed by atoms with Crippen LogP contribution in [0.3, 0.4) is 0 Å². The molecule has 2 aliphatic rings. The third kappa shape index (κ3) is 1.32. The number of carbonyl (C=O) groups is 1. The molecule has 22 heavy (non-hydrogen) atoms. The summed E-state index contributed by atoms with van der Waals surface area (Å²) in [6, 6.07) is 17.3. The van der Waals surface area contributed by atoms with E-state index in [0.717, 1.165) is 27.7 Å². The lowest BCUT2D eigenvalue weighted by atomic mass is 10.0. The molecule has 0 spiro atoms. The van der Waals surface area contributed by atoms with Crippen molar-refractivity contribution in [1.29, 1.82) is 0 Å². The maximum atomic E-state index is 12.8. The third-order valence-corrected chi connectivity index (χ3v) is 4.52. The van der Waals surface area contributed by atoms with Gasteiger partial charge in [0, 0.05) is 10.9 Å². The Hall–Kier alpha value is -2.65. The fourth-order valence-corrected chi connectivity index (χ4v) is 3.50. The summed E-state index contributed by atoms with van der Waals surface area (Å²) in [5.74, 6) is 0.590. The number of nitrogens with zero attached hydrogens (tertiary/aromatic N) is 2. The number of halogens is 1. The average molecular weight is 305 g/mol. The van der Waals surface area contributed by atoms with Crippen LogP contribution in [-0.4, -0.2) is 11.7 Å². The summed E-state index contributed by atoms with van der Waals surface area (Å²) in [5, 5.41) is 2.52. The van der Waals surface area contributed by atoms with E-state index in [0.29, 0.717) is 16.4 Å². The van der Waals surface area contributed by atoms with Crippen LogP contribution in [0.5, 0.6) is 0 Å². The summed E-state index contributed by atoms with van der Waals surface area (Å²) >= 11 is 6.44. The zero-order valence-corrected chi connectivity index (χ0v) is 12.1. The number of hydrogen-bond acceptors (Lipinski definition) is 2. The van der Waals surface area contributed by atoms with Crippen molar-refractivity contribution in [3.05, 3.63) is 70.7 Å². The number of carbonyl (C=O) groups excluding carboxylic acids is 1. The normalized spacial score (nSPS) is 14.9. The Bertz CT molecular complexity index is 1020. The largest absolute Gasteiger partial charge is 0.268 e. The van der Waals surface area contributed by atoms with Crippen LogP contribution >= 0.6 is 11.6 Å². The van der Waals surface area contributed by atoms with Gasteiger partial charge in [-0.2, -0.15) is 0 Å². The molecular weight excluding hydrogens is 296 g/mol. The summed E-state index contributed by atoms with van der Waals surface area (Å²) in [6.45, 7) is 0. The molecule has 0 aromatic heterocycles. The highest BCUT2D eigenvalue weighted by atomic mass is 35.5. The standard InChI is InChI=1S/C18H9ClN2O/c19-13-9-8-10-4-3-7-14-15(10)16(13)21-17(20-14)11-5-1-2-6-12(11)18(21)22/h1-9H. The number of hydrogen-bond donors (Lipinski definition) is 0. The van der Waals surface area contributed by atoms with Gasteiger partial charge in [-0.15, -0.1) is 0 Å². The molecule has 0 N–H and O–H groups in total. The van der Waals surface area contributed by atoms with Gasteiger partial charge in [-0.1, -0.05) is 48.0 Å². The predicted molar refractivity (Wildman–Crippen MR) is 88.4 cm³/mol. The summed E-state index contributed by atoms with van der Waals surface area (Å²) in [5.41, 5.74) is 3.11. The molecule has 0 unspecified atom stereocenters. The molecule has 3 nitrogen and oxygen atoms in total. The van der Waals surface area contributed by atoms with E-state index in [9.17, 15) is 4.79 Å². The molecule has 3 aromatic carbocycles. The first-order valence-corrected chi connectivity index (χ1v) is 7.37. The Balaban J connectivity index is 1.95. The lowest BCUT2D eigenvalue weighted by Crippen LogP contribution is -2.32. The van der Waals surface area contributed by atoms with Gasteiger partial charge >= 0.3 is 0 Å². The number of amides is 1. The van der Waals surface area contributed by atoms with E-state index >= 15 is 0 Å². The molecule has 4 heteroatoms. The van der Waals surface area contributed by atoms with Crippen LogP contribution in [0.1, 0.15) is 15.9 Å². The van der Waals surface area contributed by atoms with Gasteiger partial charge in [-0.3, -0.25) is 9.69 Å². The van der Waals surface area contributed by atoms with Crippen molar-refractivity contribution >= 4 is 45.5 Å². The van der Waals surface area contributed by atoms with Gasteiger partial charge in [0.15, 0.2) is 0 Å². The van der Waals surface area contributed by atoms with Crippen molar-refractivity contribution in [3.63, 3.8) is 0 Å². The van der Waals surface area contributed by atoms with Crippen LogP contribution in [0, 0.1) is 0 Å². The minimum Gasteiger partial charge on any atom is -0.268 e. The predicted octanol–water partition coefficient (Wildman–Crippen LogP) is 4.55. The van der Waals surface area contributed by atoms with Crippen molar-refractivity contribution in [2.45, 2.75) is 0 Å². The molecule has 0 saturated carbocycles. The first-order valence-electron chi connectivity index (χ1n) is 6.99. The van der Waals surface area contributed by atoms with Gasteiger partial charge in [0.05, 0.1) is 22.0 Å². The number of benzene rings is 3. The fraction of sp³-hybridized carbons (Fsp3) is 0. The average Bonchev–Trinajstić information content (AvgIpc) is 2.84. The molecule has 3 aromatic rings. The van der Waals surface area contributed by atoms with Crippen LogP contribution in [-0.2, 0) is 0 Å². The number of fused-ring (bicyclic) bond motifs is 4. The van der Waals surface area contributed by atoms with Crippen LogP contribution in [0.25, 0.3) is 10.8 Å². The molecule has 0 saturated heterocycles. The molecular formula is C18H9ClN2O. The topological polar surface area (TPSA) is 32.7 Å². The van der Waals surface area contributed by atoms with E-state index in [1.54, 1.807) is 4.90 Å². The Labute approximate surface area is 131 Å². The van der Waals surface area contributed by atoms with Crippen LogP contribution in [0.4, 0.5) is 11.4 Å². The molecule has 0 fully saturated rings. The molecule has 5 rings (SSSR count). The van der Waals surface area contributed by atoms with Crippen molar-refractivity contribution in [2.75, 3.05) is 4.90 Å². The SMILES string of the molecule is O=C1c2ccccc2C2=Nc3cccc4ccc(Cl)c(c34)N12. The van der Waals surface area contributed by atoms with Gasteiger partial charge < -0.3 is 0 Å². The second kappa shape index (κ2) is 3.96. The van der Waals surface area contributed by atoms with E-state index in [1.807, 2.05) is 54.6 Å². The number of rotatable bonds is 0. The minimum atomic E-state index is -0.0711. The highest BCUT2D eigenvalue weighted by Crippen LogP contribution is 2.46. The second-order valence-corrected chi connectivity index (χ2v) is 5.80. The van der Waals surface area contributed by atoms with E-state index < -0.39 is 0 Å². The number of anilines is 1. The van der Waals surface area contributed by atoms with Crippen molar-refractivity contribution < 1.29 is 4.79 Å². The highest BCUT2D eigenvalue weighted by Gasteiger charge is 2.39. The third-order valence-electron chi connectivity index (χ3n) is 4.21. The van der Waals surface area contributed by atoms with Crippen LogP contribution in [0.15, 0.2) is 59.6 Å². The zero-order valence-electron chi connectivity index (χ0n) is 11.4. The number of aliphatic imine (C=N–C) groups is 1. The Morgan fingerprint density at radius 3 is 2.59 bits per heavy atom. The lowest BCUT2D eigenvalue weighted by Gasteiger charge is -2.25.